The highest BCUT2D eigenvalue weighted by atomic mass is 32.2. The van der Waals surface area contributed by atoms with Crippen LogP contribution >= 0.6 is 11.3 Å². The summed E-state index contributed by atoms with van der Waals surface area (Å²) in [5, 5.41) is 5.10. The van der Waals surface area contributed by atoms with Crippen LogP contribution in [0.3, 0.4) is 0 Å². The van der Waals surface area contributed by atoms with E-state index < -0.39 is 25.7 Å². The fourth-order valence-electron chi connectivity index (χ4n) is 2.35. The van der Waals surface area contributed by atoms with Gasteiger partial charge in [-0.25, -0.2) is 31.3 Å². The van der Waals surface area contributed by atoms with Gasteiger partial charge in [0.25, 0.3) is 0 Å². The molecule has 0 unspecified atom stereocenters. The lowest BCUT2D eigenvalue weighted by atomic mass is 10.1. The zero-order chi connectivity index (χ0) is 19.8. The highest BCUT2D eigenvalue weighted by Gasteiger charge is 2.23. The lowest BCUT2D eigenvalue weighted by molar-refractivity contribution is 0.595. The third kappa shape index (κ3) is 4.08. The first-order valence-electron chi connectivity index (χ1n) is 7.74. The SMILES string of the molecule is CCS(=O)(=O)c1nc(-c2ccc(S(N)(=O)=O)cc2)c(-c2ccc(F)cc2)s1. The summed E-state index contributed by atoms with van der Waals surface area (Å²) in [7, 11) is -7.38. The van der Waals surface area contributed by atoms with E-state index in [0.29, 0.717) is 21.7 Å². The lowest BCUT2D eigenvalue weighted by Gasteiger charge is -2.04. The second-order valence-electron chi connectivity index (χ2n) is 5.64. The van der Waals surface area contributed by atoms with Crippen molar-refractivity contribution < 1.29 is 21.2 Å². The number of rotatable bonds is 5. The molecule has 0 fully saturated rings. The average molecular weight is 427 g/mol. The van der Waals surface area contributed by atoms with Crippen molar-refractivity contribution in [2.24, 2.45) is 5.14 Å². The van der Waals surface area contributed by atoms with Crippen LogP contribution in [0.25, 0.3) is 21.7 Å². The highest BCUT2D eigenvalue weighted by molar-refractivity contribution is 7.93. The number of thiazole rings is 1. The molecule has 0 aliphatic rings. The molecule has 0 saturated heterocycles. The second kappa shape index (κ2) is 7.12. The molecule has 1 heterocycles. The molecule has 0 spiro atoms. The summed E-state index contributed by atoms with van der Waals surface area (Å²) in [5.41, 5.74) is 1.51. The van der Waals surface area contributed by atoms with Crippen molar-refractivity contribution in [2.75, 3.05) is 5.75 Å². The van der Waals surface area contributed by atoms with Crippen molar-refractivity contribution >= 4 is 31.2 Å². The van der Waals surface area contributed by atoms with Crippen LogP contribution in [-0.4, -0.2) is 27.6 Å². The summed E-state index contributed by atoms with van der Waals surface area (Å²) in [6.07, 6.45) is 0. The molecule has 3 rings (SSSR count). The van der Waals surface area contributed by atoms with Gasteiger partial charge in [0.05, 0.1) is 21.2 Å². The standard InChI is InChI=1S/C17H15FN2O4S3/c1-2-26(21,22)17-20-15(11-5-9-14(10-6-11)27(19,23)24)16(25-17)12-3-7-13(18)8-4-12/h3-10H,2H2,1H3,(H2,19,23,24). The largest absolute Gasteiger partial charge is 0.238 e. The fourth-order valence-corrected chi connectivity index (χ4v) is 5.28. The van der Waals surface area contributed by atoms with Crippen molar-refractivity contribution in [1.29, 1.82) is 0 Å². The Morgan fingerprint density at radius 1 is 0.963 bits per heavy atom. The van der Waals surface area contributed by atoms with Gasteiger partial charge in [-0.1, -0.05) is 31.2 Å². The van der Waals surface area contributed by atoms with E-state index in [1.54, 1.807) is 0 Å². The maximum atomic E-state index is 13.3. The third-order valence-electron chi connectivity index (χ3n) is 3.82. The summed E-state index contributed by atoms with van der Waals surface area (Å²) < 4.78 is 60.6. The Morgan fingerprint density at radius 2 is 1.52 bits per heavy atom. The van der Waals surface area contributed by atoms with Gasteiger partial charge in [0.1, 0.15) is 5.82 Å². The third-order valence-corrected chi connectivity index (χ3v) is 8.04. The molecular weight excluding hydrogens is 411 g/mol. The molecule has 142 valence electrons. The Labute approximate surface area is 160 Å². The van der Waals surface area contributed by atoms with E-state index in [2.05, 4.69) is 4.98 Å². The van der Waals surface area contributed by atoms with E-state index in [4.69, 9.17) is 5.14 Å². The number of primary sulfonamides is 1. The van der Waals surface area contributed by atoms with Gasteiger partial charge < -0.3 is 0 Å². The van der Waals surface area contributed by atoms with Crippen molar-refractivity contribution in [3.63, 3.8) is 0 Å². The number of aromatic nitrogens is 1. The smallest absolute Gasteiger partial charge is 0.225 e. The molecule has 2 aromatic carbocycles. The molecule has 0 radical (unpaired) electrons. The van der Waals surface area contributed by atoms with E-state index in [1.807, 2.05) is 0 Å². The Kier molecular flexibility index (Phi) is 5.17. The van der Waals surface area contributed by atoms with Gasteiger partial charge in [-0.2, -0.15) is 0 Å². The van der Waals surface area contributed by atoms with Crippen LogP contribution in [-0.2, 0) is 19.9 Å². The molecule has 0 saturated carbocycles. The summed E-state index contributed by atoms with van der Waals surface area (Å²) in [6, 6.07) is 11.3. The molecule has 6 nitrogen and oxygen atoms in total. The predicted molar refractivity (Wildman–Crippen MR) is 102 cm³/mol. The number of hydrogen-bond acceptors (Lipinski definition) is 6. The van der Waals surface area contributed by atoms with Gasteiger partial charge in [0, 0.05) is 5.56 Å². The molecular formula is C17H15FN2O4S3. The minimum Gasteiger partial charge on any atom is -0.225 e. The van der Waals surface area contributed by atoms with Crippen LogP contribution in [0.15, 0.2) is 57.8 Å². The molecule has 3 aromatic rings. The predicted octanol–water partition coefficient (Wildman–Crippen LogP) is 3.06. The number of hydrogen-bond donors (Lipinski definition) is 1. The summed E-state index contributed by atoms with van der Waals surface area (Å²) in [6.45, 7) is 1.52. The van der Waals surface area contributed by atoms with Crippen molar-refractivity contribution in [1.82, 2.24) is 4.98 Å². The molecule has 2 N–H and O–H groups in total. The van der Waals surface area contributed by atoms with E-state index in [9.17, 15) is 21.2 Å². The summed E-state index contributed by atoms with van der Waals surface area (Å²) in [4.78, 5) is 4.75. The van der Waals surface area contributed by atoms with Gasteiger partial charge in [-0.15, -0.1) is 11.3 Å². The first-order valence-corrected chi connectivity index (χ1v) is 11.8. The molecule has 0 amide bonds. The quantitative estimate of drug-likeness (QED) is 0.675. The minimum absolute atomic E-state index is 0.0464. The second-order valence-corrected chi connectivity index (χ2v) is 10.6. The van der Waals surface area contributed by atoms with E-state index in [1.165, 1.54) is 55.5 Å². The zero-order valence-corrected chi connectivity index (χ0v) is 16.5. The topological polar surface area (TPSA) is 107 Å². The van der Waals surface area contributed by atoms with Crippen LogP contribution in [0.1, 0.15) is 6.92 Å². The zero-order valence-electron chi connectivity index (χ0n) is 14.1. The van der Waals surface area contributed by atoms with Gasteiger partial charge in [-0.3, -0.25) is 0 Å². The first kappa shape index (κ1) is 19.6. The number of benzene rings is 2. The molecule has 0 aliphatic carbocycles. The molecule has 0 aliphatic heterocycles. The molecule has 27 heavy (non-hydrogen) atoms. The number of sulfonamides is 1. The van der Waals surface area contributed by atoms with Crippen LogP contribution < -0.4 is 5.14 Å². The Morgan fingerprint density at radius 3 is 2.04 bits per heavy atom. The van der Waals surface area contributed by atoms with E-state index in [-0.39, 0.29) is 15.0 Å². The molecule has 1 aromatic heterocycles. The molecule has 10 heteroatoms. The van der Waals surface area contributed by atoms with Gasteiger partial charge in [0.2, 0.25) is 24.2 Å². The maximum Gasteiger partial charge on any atom is 0.238 e. The van der Waals surface area contributed by atoms with Crippen molar-refractivity contribution in [2.45, 2.75) is 16.2 Å². The number of sulfone groups is 1. The van der Waals surface area contributed by atoms with Gasteiger partial charge in [-0.05, 0) is 29.8 Å². The first-order chi connectivity index (χ1) is 12.6. The number of halogens is 1. The van der Waals surface area contributed by atoms with Crippen LogP contribution in [0.4, 0.5) is 4.39 Å². The minimum atomic E-state index is -3.85. The summed E-state index contributed by atoms with van der Waals surface area (Å²) in [5.74, 6) is -0.517. The summed E-state index contributed by atoms with van der Waals surface area (Å²) >= 11 is 0.990. The normalized spacial score (nSPS) is 12.3. The highest BCUT2D eigenvalue weighted by Crippen LogP contribution is 2.39. The van der Waals surface area contributed by atoms with Crippen LogP contribution in [0.5, 0.6) is 0 Å². The lowest BCUT2D eigenvalue weighted by Crippen LogP contribution is -2.11. The Hall–Kier alpha value is -2.14. The van der Waals surface area contributed by atoms with Crippen molar-refractivity contribution in [3.05, 3.63) is 54.3 Å². The Balaban J connectivity index is 2.20. The van der Waals surface area contributed by atoms with E-state index in [0.717, 1.165) is 11.3 Å². The van der Waals surface area contributed by atoms with E-state index >= 15 is 0 Å². The van der Waals surface area contributed by atoms with Gasteiger partial charge in [0.15, 0.2) is 0 Å². The van der Waals surface area contributed by atoms with Crippen molar-refractivity contribution in [3.8, 4) is 21.7 Å². The fraction of sp³-hybridized carbons (Fsp3) is 0.118. The maximum absolute atomic E-state index is 13.3. The number of nitrogens with zero attached hydrogens (tertiary/aromatic N) is 1. The monoisotopic (exact) mass is 426 g/mol. The van der Waals surface area contributed by atoms with Crippen LogP contribution in [0.2, 0.25) is 0 Å². The number of nitrogens with two attached hydrogens (primary N) is 1. The van der Waals surface area contributed by atoms with Gasteiger partial charge >= 0.3 is 0 Å². The Bertz CT molecular complexity index is 1180. The molecule has 0 bridgehead atoms. The molecule has 0 atom stereocenters. The average Bonchev–Trinajstić information content (AvgIpc) is 3.08. The van der Waals surface area contributed by atoms with Crippen LogP contribution in [0, 0.1) is 5.82 Å².